The largest absolute Gasteiger partial charge is 0.383 e. The van der Waals surface area contributed by atoms with E-state index >= 15 is 0 Å². The second kappa shape index (κ2) is 7.23. The normalized spacial score (nSPS) is 17.2. The number of ether oxygens (including phenoxy) is 1. The van der Waals surface area contributed by atoms with E-state index in [1.54, 1.807) is 18.4 Å². The van der Waals surface area contributed by atoms with Crippen LogP contribution in [-0.2, 0) is 9.53 Å². The van der Waals surface area contributed by atoms with Gasteiger partial charge in [0.25, 0.3) is 0 Å². The number of fused-ring (bicyclic) bond motifs is 1. The number of nitrogens with two attached hydrogens (primary N) is 1. The van der Waals surface area contributed by atoms with Crippen molar-refractivity contribution in [2.45, 2.75) is 26.8 Å². The quantitative estimate of drug-likeness (QED) is 0.891. The third kappa shape index (κ3) is 3.47. The summed E-state index contributed by atoms with van der Waals surface area (Å²) in [6.45, 7) is 9.36. The fourth-order valence-electron chi connectivity index (χ4n) is 3.22. The lowest BCUT2D eigenvalue weighted by Crippen LogP contribution is -2.50. The first kappa shape index (κ1) is 18.0. The molecule has 1 saturated heterocycles. The molecule has 3 rings (SSSR count). The number of carbonyl (C=O) groups excluding carboxylic acids is 1. The van der Waals surface area contributed by atoms with Crippen molar-refractivity contribution in [3.8, 4) is 0 Å². The molecule has 0 saturated carbocycles. The fourth-order valence-corrected chi connectivity index (χ4v) is 4.27. The number of hydrogen-bond donors (Lipinski definition) is 1. The average Bonchev–Trinajstić information content (AvgIpc) is 2.89. The smallest absolute Gasteiger partial charge is 0.248 e. The predicted molar refractivity (Wildman–Crippen MR) is 99.7 cm³/mol. The van der Waals surface area contributed by atoms with Crippen molar-refractivity contribution in [3.63, 3.8) is 0 Å². The molecule has 3 heterocycles. The maximum absolute atomic E-state index is 11.9. The van der Waals surface area contributed by atoms with Gasteiger partial charge in [0.05, 0.1) is 11.4 Å². The van der Waals surface area contributed by atoms with Gasteiger partial charge in [-0.05, 0) is 26.3 Å². The van der Waals surface area contributed by atoms with Crippen molar-refractivity contribution in [1.82, 2.24) is 19.8 Å². The molecule has 136 valence electrons. The summed E-state index contributed by atoms with van der Waals surface area (Å²) in [5.74, 6) is 1.35. The number of methoxy groups -OCH3 is 1. The van der Waals surface area contributed by atoms with Gasteiger partial charge in [0.1, 0.15) is 23.1 Å². The molecule has 2 aromatic heterocycles. The molecule has 25 heavy (non-hydrogen) atoms. The van der Waals surface area contributed by atoms with E-state index in [0.29, 0.717) is 18.9 Å². The van der Waals surface area contributed by atoms with Gasteiger partial charge < -0.3 is 15.4 Å². The molecule has 1 aliphatic heterocycles. The Kier molecular flexibility index (Phi) is 5.21. The summed E-state index contributed by atoms with van der Waals surface area (Å²) >= 11 is 1.66. The minimum Gasteiger partial charge on any atom is -0.383 e. The summed E-state index contributed by atoms with van der Waals surface area (Å²) in [4.78, 5) is 27.6. The molecule has 8 heteroatoms. The molecule has 1 amide bonds. The Hall–Kier alpha value is -1.77. The predicted octanol–water partition coefficient (Wildman–Crippen LogP) is 1.74. The van der Waals surface area contributed by atoms with E-state index < -0.39 is 0 Å². The lowest BCUT2D eigenvalue weighted by molar-refractivity contribution is -0.137. The SMILES string of the molecule is COCC(=O)N1CCN(C(C)c2nc(N)c3c(C)c(C)sc3n2)CC1. The summed E-state index contributed by atoms with van der Waals surface area (Å²) in [7, 11) is 1.54. The Morgan fingerprint density at radius 2 is 1.96 bits per heavy atom. The Morgan fingerprint density at radius 1 is 1.28 bits per heavy atom. The van der Waals surface area contributed by atoms with Gasteiger partial charge in [0.15, 0.2) is 0 Å². The second-order valence-corrected chi connectivity index (χ2v) is 7.66. The van der Waals surface area contributed by atoms with Gasteiger partial charge in [0.2, 0.25) is 5.91 Å². The summed E-state index contributed by atoms with van der Waals surface area (Å²) in [6.07, 6.45) is 0. The first-order valence-corrected chi connectivity index (χ1v) is 9.28. The third-order valence-corrected chi connectivity index (χ3v) is 6.03. The number of nitrogens with zero attached hydrogens (tertiary/aromatic N) is 4. The zero-order valence-electron chi connectivity index (χ0n) is 15.2. The van der Waals surface area contributed by atoms with E-state index in [-0.39, 0.29) is 18.6 Å². The Balaban J connectivity index is 1.75. The van der Waals surface area contributed by atoms with Crippen LogP contribution in [0.4, 0.5) is 5.82 Å². The van der Waals surface area contributed by atoms with Crippen molar-refractivity contribution >= 4 is 33.3 Å². The van der Waals surface area contributed by atoms with Gasteiger partial charge in [-0.15, -0.1) is 11.3 Å². The Bertz CT molecular complexity index is 783. The number of aromatic nitrogens is 2. The maximum atomic E-state index is 11.9. The second-order valence-electron chi connectivity index (χ2n) is 6.46. The molecule has 0 spiro atoms. The van der Waals surface area contributed by atoms with Crippen molar-refractivity contribution in [2.75, 3.05) is 45.6 Å². The van der Waals surface area contributed by atoms with Crippen molar-refractivity contribution in [3.05, 3.63) is 16.3 Å². The lowest BCUT2D eigenvalue weighted by atomic mass is 10.2. The monoisotopic (exact) mass is 363 g/mol. The highest BCUT2D eigenvalue weighted by molar-refractivity contribution is 7.18. The van der Waals surface area contributed by atoms with Gasteiger partial charge in [-0.1, -0.05) is 0 Å². The van der Waals surface area contributed by atoms with Gasteiger partial charge in [0, 0.05) is 38.2 Å². The zero-order valence-corrected chi connectivity index (χ0v) is 16.0. The maximum Gasteiger partial charge on any atom is 0.248 e. The number of anilines is 1. The van der Waals surface area contributed by atoms with Crippen molar-refractivity contribution < 1.29 is 9.53 Å². The van der Waals surface area contributed by atoms with Crippen LogP contribution in [0.25, 0.3) is 10.2 Å². The third-order valence-electron chi connectivity index (χ3n) is 4.93. The molecule has 2 N–H and O–H groups in total. The number of piperazine rings is 1. The number of rotatable bonds is 4. The molecular formula is C17H25N5O2S. The number of hydrogen-bond acceptors (Lipinski definition) is 7. The van der Waals surface area contributed by atoms with Crippen LogP contribution in [0.2, 0.25) is 0 Å². The standard InChI is InChI=1S/C17H25N5O2S/c1-10-12(3)25-17-14(10)15(18)19-16(20-17)11(2)21-5-7-22(8-6-21)13(23)9-24-4/h11H,5-9H2,1-4H3,(H2,18,19,20). The molecular weight excluding hydrogens is 338 g/mol. The van der Waals surface area contributed by atoms with Crippen LogP contribution in [0.15, 0.2) is 0 Å². The van der Waals surface area contributed by atoms with Crippen LogP contribution in [-0.4, -0.2) is 65.6 Å². The van der Waals surface area contributed by atoms with Crippen LogP contribution >= 0.6 is 11.3 Å². The van der Waals surface area contributed by atoms with E-state index in [4.69, 9.17) is 15.5 Å². The minimum atomic E-state index is 0.0428. The summed E-state index contributed by atoms with van der Waals surface area (Å²) < 4.78 is 4.93. The first-order chi connectivity index (χ1) is 11.9. The van der Waals surface area contributed by atoms with Gasteiger partial charge in [-0.2, -0.15) is 0 Å². The fraction of sp³-hybridized carbons (Fsp3) is 0.588. The van der Waals surface area contributed by atoms with Crippen LogP contribution in [0, 0.1) is 13.8 Å². The zero-order chi connectivity index (χ0) is 18.1. The van der Waals surface area contributed by atoms with Gasteiger partial charge in [-0.3, -0.25) is 9.69 Å². The van der Waals surface area contributed by atoms with Gasteiger partial charge in [-0.25, -0.2) is 9.97 Å². The summed E-state index contributed by atoms with van der Waals surface area (Å²) in [6, 6.07) is 0.0640. The molecule has 1 fully saturated rings. The highest BCUT2D eigenvalue weighted by Crippen LogP contribution is 2.33. The lowest BCUT2D eigenvalue weighted by Gasteiger charge is -2.37. The number of thiophene rings is 1. The number of aryl methyl sites for hydroxylation is 2. The molecule has 0 radical (unpaired) electrons. The van der Waals surface area contributed by atoms with E-state index in [1.807, 2.05) is 4.90 Å². The Morgan fingerprint density at radius 3 is 2.60 bits per heavy atom. The molecule has 0 aliphatic carbocycles. The molecule has 1 unspecified atom stereocenters. The molecule has 2 aromatic rings. The molecule has 1 atom stereocenters. The molecule has 0 bridgehead atoms. The number of carbonyl (C=O) groups is 1. The van der Waals surface area contributed by atoms with Gasteiger partial charge >= 0.3 is 0 Å². The average molecular weight is 363 g/mol. The molecule has 7 nitrogen and oxygen atoms in total. The summed E-state index contributed by atoms with van der Waals surface area (Å²) in [5.41, 5.74) is 7.37. The van der Waals surface area contributed by atoms with Crippen LogP contribution in [0.1, 0.15) is 29.2 Å². The van der Waals surface area contributed by atoms with Crippen LogP contribution in [0.3, 0.4) is 0 Å². The van der Waals surface area contributed by atoms with Crippen LogP contribution < -0.4 is 5.73 Å². The van der Waals surface area contributed by atoms with Crippen LogP contribution in [0.5, 0.6) is 0 Å². The van der Waals surface area contributed by atoms with E-state index in [1.165, 1.54) is 10.4 Å². The number of amides is 1. The van der Waals surface area contributed by atoms with Crippen molar-refractivity contribution in [2.24, 2.45) is 0 Å². The molecule has 1 aliphatic rings. The van der Waals surface area contributed by atoms with Crippen molar-refractivity contribution in [1.29, 1.82) is 0 Å². The van der Waals surface area contributed by atoms with E-state index in [2.05, 4.69) is 30.7 Å². The first-order valence-electron chi connectivity index (χ1n) is 8.46. The Labute approximate surface area is 151 Å². The van der Waals surface area contributed by atoms with E-state index in [0.717, 1.165) is 29.1 Å². The molecule has 0 aromatic carbocycles. The highest BCUT2D eigenvalue weighted by atomic mass is 32.1. The number of nitrogen functional groups attached to an aromatic ring is 1. The topological polar surface area (TPSA) is 84.6 Å². The minimum absolute atomic E-state index is 0.0428. The summed E-state index contributed by atoms with van der Waals surface area (Å²) in [5, 5.41) is 0.980. The van der Waals surface area contributed by atoms with E-state index in [9.17, 15) is 4.79 Å². The highest BCUT2D eigenvalue weighted by Gasteiger charge is 2.26.